The van der Waals surface area contributed by atoms with E-state index in [1.54, 1.807) is 11.0 Å². The van der Waals surface area contributed by atoms with E-state index >= 15 is 0 Å². The minimum Gasteiger partial charge on any atom is -0.451 e. The molecular formula is C18H21N3O3. The number of likely N-dealkylation sites (tertiary alicyclic amines) is 2. The van der Waals surface area contributed by atoms with Gasteiger partial charge in [0.25, 0.3) is 5.91 Å². The van der Waals surface area contributed by atoms with Gasteiger partial charge in [-0.2, -0.15) is 0 Å². The summed E-state index contributed by atoms with van der Waals surface area (Å²) in [6.07, 6.45) is 2.53. The summed E-state index contributed by atoms with van der Waals surface area (Å²) in [7, 11) is 0. The molecule has 2 aliphatic rings. The number of rotatable bonds is 2. The molecule has 4 rings (SSSR count). The van der Waals surface area contributed by atoms with Crippen LogP contribution in [-0.2, 0) is 4.79 Å². The Hall–Kier alpha value is -2.34. The summed E-state index contributed by atoms with van der Waals surface area (Å²) < 4.78 is 5.67. The minimum atomic E-state index is -0.208. The van der Waals surface area contributed by atoms with Gasteiger partial charge >= 0.3 is 0 Å². The Balaban J connectivity index is 1.52. The fourth-order valence-corrected chi connectivity index (χ4v) is 3.73. The quantitative estimate of drug-likeness (QED) is 0.908. The van der Waals surface area contributed by atoms with Crippen LogP contribution in [0.15, 0.2) is 34.7 Å². The summed E-state index contributed by atoms with van der Waals surface area (Å²) >= 11 is 0. The molecule has 2 aromatic rings. The zero-order valence-corrected chi connectivity index (χ0v) is 13.5. The number of amides is 2. The van der Waals surface area contributed by atoms with Gasteiger partial charge in [0.15, 0.2) is 5.76 Å². The van der Waals surface area contributed by atoms with Crippen LogP contribution in [-0.4, -0.2) is 53.3 Å². The number of fused-ring (bicyclic) bond motifs is 1. The molecule has 126 valence electrons. The molecule has 0 unspecified atom stereocenters. The molecule has 0 spiro atoms. The van der Waals surface area contributed by atoms with Gasteiger partial charge in [0.1, 0.15) is 5.58 Å². The summed E-state index contributed by atoms with van der Waals surface area (Å²) in [5.41, 5.74) is 6.94. The van der Waals surface area contributed by atoms with E-state index in [9.17, 15) is 9.59 Å². The van der Waals surface area contributed by atoms with Crippen LogP contribution in [0.1, 0.15) is 29.8 Å². The van der Waals surface area contributed by atoms with Crippen LogP contribution >= 0.6 is 0 Å². The summed E-state index contributed by atoms with van der Waals surface area (Å²) in [5.74, 6) is 0.322. The molecular weight excluding hydrogens is 306 g/mol. The standard InChI is InChI=1S/C18H21N3O3/c19-13-10-20(11-14(13)21-8-4-3-7-17(21)22)18(23)16-9-12-5-1-2-6-15(12)24-16/h1-2,5-6,9,13-14H,3-4,7-8,10-11,19H2/t13-,14-/m0/s1. The number of hydrogen-bond acceptors (Lipinski definition) is 4. The third-order valence-electron chi connectivity index (χ3n) is 5.02. The lowest BCUT2D eigenvalue weighted by atomic mass is 10.1. The fourth-order valence-electron chi connectivity index (χ4n) is 3.73. The van der Waals surface area contributed by atoms with Crippen LogP contribution < -0.4 is 5.73 Å². The van der Waals surface area contributed by atoms with Gasteiger partial charge in [0.05, 0.1) is 6.04 Å². The second-order valence-electron chi connectivity index (χ2n) is 6.63. The van der Waals surface area contributed by atoms with Gasteiger partial charge in [-0.3, -0.25) is 9.59 Å². The van der Waals surface area contributed by atoms with Crippen LogP contribution in [0, 0.1) is 0 Å². The van der Waals surface area contributed by atoms with Crippen LogP contribution in [0.5, 0.6) is 0 Å². The average molecular weight is 327 g/mol. The zero-order chi connectivity index (χ0) is 16.7. The monoisotopic (exact) mass is 327 g/mol. The van der Waals surface area contributed by atoms with Crippen molar-refractivity contribution in [1.82, 2.24) is 9.80 Å². The average Bonchev–Trinajstić information content (AvgIpc) is 3.18. The molecule has 2 aliphatic heterocycles. The number of nitrogens with two attached hydrogens (primary N) is 1. The molecule has 0 radical (unpaired) electrons. The van der Waals surface area contributed by atoms with E-state index in [2.05, 4.69) is 0 Å². The molecule has 0 saturated carbocycles. The van der Waals surface area contributed by atoms with Crippen molar-refractivity contribution in [2.75, 3.05) is 19.6 Å². The summed E-state index contributed by atoms with van der Waals surface area (Å²) in [6.45, 7) is 1.66. The topological polar surface area (TPSA) is 79.8 Å². The van der Waals surface area contributed by atoms with Crippen molar-refractivity contribution in [3.63, 3.8) is 0 Å². The molecule has 2 amide bonds. The Morgan fingerprint density at radius 1 is 1.21 bits per heavy atom. The highest BCUT2D eigenvalue weighted by atomic mass is 16.3. The van der Waals surface area contributed by atoms with E-state index in [4.69, 9.17) is 10.2 Å². The predicted molar refractivity (Wildman–Crippen MR) is 89.4 cm³/mol. The Labute approximate surface area is 140 Å². The molecule has 0 aliphatic carbocycles. The SMILES string of the molecule is N[C@H]1CN(C(=O)c2cc3ccccc3o2)C[C@@H]1N1CCCCC1=O. The number of nitrogens with zero attached hydrogens (tertiary/aromatic N) is 2. The van der Waals surface area contributed by atoms with Crippen molar-refractivity contribution in [3.05, 3.63) is 36.1 Å². The number of benzene rings is 1. The van der Waals surface area contributed by atoms with E-state index < -0.39 is 0 Å². The van der Waals surface area contributed by atoms with E-state index in [1.807, 2.05) is 29.2 Å². The van der Waals surface area contributed by atoms with E-state index in [-0.39, 0.29) is 23.9 Å². The van der Waals surface area contributed by atoms with Crippen LogP contribution in [0.25, 0.3) is 11.0 Å². The Kier molecular flexibility index (Phi) is 3.76. The smallest absolute Gasteiger partial charge is 0.289 e. The maximum atomic E-state index is 12.7. The summed E-state index contributed by atoms with van der Waals surface area (Å²) in [5, 5.41) is 0.909. The molecule has 1 aromatic heterocycles. The zero-order valence-electron chi connectivity index (χ0n) is 13.5. The van der Waals surface area contributed by atoms with Crippen molar-refractivity contribution < 1.29 is 14.0 Å². The largest absolute Gasteiger partial charge is 0.451 e. The highest BCUT2D eigenvalue weighted by molar-refractivity contribution is 5.96. The second kappa shape index (κ2) is 5.94. The Morgan fingerprint density at radius 2 is 2.04 bits per heavy atom. The van der Waals surface area contributed by atoms with E-state index in [1.165, 1.54) is 0 Å². The molecule has 2 saturated heterocycles. The Morgan fingerprint density at radius 3 is 2.83 bits per heavy atom. The first-order valence-corrected chi connectivity index (χ1v) is 8.46. The van der Waals surface area contributed by atoms with Crippen LogP contribution in [0.3, 0.4) is 0 Å². The number of para-hydroxylation sites is 1. The van der Waals surface area contributed by atoms with Crippen molar-refractivity contribution in [2.45, 2.75) is 31.3 Å². The van der Waals surface area contributed by atoms with Gasteiger partial charge in [-0.15, -0.1) is 0 Å². The van der Waals surface area contributed by atoms with Crippen molar-refractivity contribution >= 4 is 22.8 Å². The van der Waals surface area contributed by atoms with Crippen molar-refractivity contribution in [1.29, 1.82) is 0 Å². The molecule has 24 heavy (non-hydrogen) atoms. The van der Waals surface area contributed by atoms with Crippen LogP contribution in [0.4, 0.5) is 0 Å². The third-order valence-corrected chi connectivity index (χ3v) is 5.02. The molecule has 2 N–H and O–H groups in total. The predicted octanol–water partition coefficient (Wildman–Crippen LogP) is 1.60. The number of carbonyl (C=O) groups excluding carboxylic acids is 2. The van der Waals surface area contributed by atoms with Crippen LogP contribution in [0.2, 0.25) is 0 Å². The first-order chi connectivity index (χ1) is 11.6. The number of piperidine rings is 1. The van der Waals surface area contributed by atoms with Gasteiger partial charge in [0.2, 0.25) is 5.91 Å². The summed E-state index contributed by atoms with van der Waals surface area (Å²) in [4.78, 5) is 28.4. The highest BCUT2D eigenvalue weighted by Crippen LogP contribution is 2.24. The lowest BCUT2D eigenvalue weighted by molar-refractivity contribution is -0.135. The summed E-state index contributed by atoms with van der Waals surface area (Å²) in [6, 6.07) is 9.02. The lowest BCUT2D eigenvalue weighted by Crippen LogP contribution is -2.51. The molecule has 2 fully saturated rings. The minimum absolute atomic E-state index is 0.0915. The van der Waals surface area contributed by atoms with Crippen molar-refractivity contribution in [3.8, 4) is 0 Å². The maximum absolute atomic E-state index is 12.7. The van der Waals surface area contributed by atoms with Gasteiger partial charge in [0, 0.05) is 37.5 Å². The maximum Gasteiger partial charge on any atom is 0.289 e. The highest BCUT2D eigenvalue weighted by Gasteiger charge is 2.40. The fraction of sp³-hybridized carbons (Fsp3) is 0.444. The van der Waals surface area contributed by atoms with Gasteiger partial charge < -0.3 is 20.0 Å². The van der Waals surface area contributed by atoms with Gasteiger partial charge in [-0.05, 0) is 25.0 Å². The van der Waals surface area contributed by atoms with Gasteiger partial charge in [-0.25, -0.2) is 0 Å². The molecule has 2 atom stereocenters. The molecule has 1 aromatic carbocycles. The number of carbonyl (C=O) groups is 2. The van der Waals surface area contributed by atoms with Crippen molar-refractivity contribution in [2.24, 2.45) is 5.73 Å². The first-order valence-electron chi connectivity index (χ1n) is 8.46. The third kappa shape index (κ3) is 2.57. The van der Waals surface area contributed by atoms with E-state index in [0.29, 0.717) is 30.9 Å². The van der Waals surface area contributed by atoms with E-state index in [0.717, 1.165) is 24.8 Å². The lowest BCUT2D eigenvalue weighted by Gasteiger charge is -2.34. The first kappa shape index (κ1) is 15.2. The number of furan rings is 1. The molecule has 3 heterocycles. The number of hydrogen-bond donors (Lipinski definition) is 1. The molecule has 6 heteroatoms. The Bertz CT molecular complexity index is 752. The molecule has 6 nitrogen and oxygen atoms in total. The second-order valence-corrected chi connectivity index (χ2v) is 6.63. The van der Waals surface area contributed by atoms with Gasteiger partial charge in [-0.1, -0.05) is 18.2 Å². The normalized spacial score (nSPS) is 24.8. The molecule has 0 bridgehead atoms.